The van der Waals surface area contributed by atoms with Crippen molar-refractivity contribution < 1.29 is 37.3 Å². The molecule has 1 aromatic heterocycles. The number of carbonyl (C=O) groups is 1. The summed E-state index contributed by atoms with van der Waals surface area (Å²) >= 11 is 0. The van der Waals surface area contributed by atoms with Gasteiger partial charge in [-0.1, -0.05) is 19.9 Å². The molecular weight excluding hydrogens is 430 g/mol. The topological polar surface area (TPSA) is 82.6 Å². The Morgan fingerprint density at radius 2 is 1.81 bits per heavy atom. The van der Waals surface area contributed by atoms with Crippen LogP contribution in [0, 0.1) is 5.82 Å². The summed E-state index contributed by atoms with van der Waals surface area (Å²) < 4.78 is 61.3. The molecule has 0 aliphatic heterocycles. The minimum Gasteiger partial charge on any atom is -0.496 e. The normalized spacial score (nSPS) is 14.4. The number of methoxy groups -OCH3 is 1. The summed E-state index contributed by atoms with van der Waals surface area (Å²) in [6, 6.07) is 9.21. The molecule has 0 bridgehead atoms. The largest absolute Gasteiger partial charge is 0.496 e. The number of ether oxygens (including phenoxy) is 1. The van der Waals surface area contributed by atoms with Crippen molar-refractivity contribution in [3.63, 3.8) is 0 Å². The van der Waals surface area contributed by atoms with Crippen molar-refractivity contribution in [2.75, 3.05) is 7.11 Å². The van der Waals surface area contributed by atoms with Gasteiger partial charge in [-0.05, 0) is 48.2 Å². The Hall–Kier alpha value is -3.07. The highest BCUT2D eigenvalue weighted by atomic mass is 19.4. The van der Waals surface area contributed by atoms with E-state index in [-0.39, 0.29) is 28.0 Å². The lowest BCUT2D eigenvalue weighted by Gasteiger charge is -2.38. The van der Waals surface area contributed by atoms with Crippen LogP contribution in [0.4, 0.5) is 17.6 Å². The molecule has 0 aliphatic rings. The highest BCUT2D eigenvalue weighted by molar-refractivity contribution is 6.03. The Kier molecular flexibility index (Phi) is 5.99. The zero-order valence-electron chi connectivity index (χ0n) is 17.7. The monoisotopic (exact) mass is 453 g/mol. The van der Waals surface area contributed by atoms with E-state index in [1.165, 1.54) is 45.2 Å². The van der Waals surface area contributed by atoms with Crippen LogP contribution in [0.25, 0.3) is 10.9 Å². The van der Waals surface area contributed by atoms with Crippen LogP contribution in [0.2, 0.25) is 0 Å². The van der Waals surface area contributed by atoms with Gasteiger partial charge in [-0.15, -0.1) is 0 Å². The number of carboxylic acids is 1. The summed E-state index contributed by atoms with van der Waals surface area (Å²) in [5, 5.41) is 20.4. The van der Waals surface area contributed by atoms with E-state index in [1.807, 2.05) is 0 Å². The van der Waals surface area contributed by atoms with Crippen LogP contribution in [0.5, 0.6) is 5.75 Å². The number of H-pyrrole nitrogens is 1. The Morgan fingerprint density at radius 1 is 1.12 bits per heavy atom. The van der Waals surface area contributed by atoms with Crippen LogP contribution < -0.4 is 4.74 Å². The SMILES string of the molecule is COc1ccc(F)cc1C(C)(C)CC(O)(Cc1cc2c(C(=O)O)cccc2[nH]1)C(F)(F)F. The number of aromatic amines is 1. The number of alkyl halides is 3. The molecule has 1 unspecified atom stereocenters. The zero-order valence-corrected chi connectivity index (χ0v) is 17.7. The molecule has 2 aromatic carbocycles. The fourth-order valence-electron chi connectivity index (χ4n) is 4.11. The van der Waals surface area contributed by atoms with Crippen LogP contribution >= 0.6 is 0 Å². The molecule has 3 aromatic rings. The molecule has 0 aliphatic carbocycles. The summed E-state index contributed by atoms with van der Waals surface area (Å²) in [5.41, 5.74) is -4.02. The number of aromatic carboxylic acids is 1. The summed E-state index contributed by atoms with van der Waals surface area (Å²) in [5.74, 6) is -1.65. The second-order valence-electron chi connectivity index (χ2n) is 8.48. The molecule has 5 nitrogen and oxygen atoms in total. The first-order valence-electron chi connectivity index (χ1n) is 9.74. The molecule has 0 radical (unpaired) electrons. The first kappa shape index (κ1) is 23.6. The number of benzene rings is 2. The average Bonchev–Trinajstić information content (AvgIpc) is 3.08. The molecule has 0 saturated heterocycles. The van der Waals surface area contributed by atoms with E-state index >= 15 is 0 Å². The Balaban J connectivity index is 2.03. The number of halogens is 4. The molecule has 172 valence electrons. The van der Waals surface area contributed by atoms with Crippen LogP contribution in [-0.4, -0.2) is 40.1 Å². The number of carboxylic acid groups (broad SMARTS) is 1. The van der Waals surface area contributed by atoms with Crippen molar-refractivity contribution in [2.24, 2.45) is 0 Å². The number of aliphatic hydroxyl groups is 1. The fourth-order valence-corrected chi connectivity index (χ4v) is 4.11. The Labute approximate surface area is 181 Å². The van der Waals surface area contributed by atoms with Crippen molar-refractivity contribution in [1.82, 2.24) is 4.98 Å². The zero-order chi connectivity index (χ0) is 23.9. The molecule has 9 heteroatoms. The second-order valence-corrected chi connectivity index (χ2v) is 8.48. The number of rotatable bonds is 7. The summed E-state index contributed by atoms with van der Waals surface area (Å²) in [6.07, 6.45) is -6.65. The smallest absolute Gasteiger partial charge is 0.417 e. The lowest BCUT2D eigenvalue weighted by molar-refractivity contribution is -0.266. The summed E-state index contributed by atoms with van der Waals surface area (Å²) in [4.78, 5) is 14.2. The first-order chi connectivity index (χ1) is 14.8. The van der Waals surface area contributed by atoms with E-state index < -0.39 is 41.8 Å². The molecule has 3 rings (SSSR count). The number of hydrogen-bond donors (Lipinski definition) is 3. The number of hydrogen-bond acceptors (Lipinski definition) is 3. The summed E-state index contributed by atoms with van der Waals surface area (Å²) in [6.45, 7) is 2.93. The van der Waals surface area contributed by atoms with Crippen LogP contribution in [0.15, 0.2) is 42.5 Å². The van der Waals surface area contributed by atoms with Crippen molar-refractivity contribution >= 4 is 16.9 Å². The van der Waals surface area contributed by atoms with E-state index in [1.54, 1.807) is 6.07 Å². The molecule has 32 heavy (non-hydrogen) atoms. The third-order valence-corrected chi connectivity index (χ3v) is 5.59. The van der Waals surface area contributed by atoms with Gasteiger partial charge in [0.15, 0.2) is 5.60 Å². The molecule has 3 N–H and O–H groups in total. The molecule has 0 spiro atoms. The van der Waals surface area contributed by atoms with Gasteiger partial charge in [0.05, 0.1) is 12.7 Å². The van der Waals surface area contributed by atoms with Crippen molar-refractivity contribution in [2.45, 2.75) is 43.9 Å². The molecular formula is C23H23F4NO4. The summed E-state index contributed by atoms with van der Waals surface area (Å²) in [7, 11) is 1.33. The van der Waals surface area contributed by atoms with Gasteiger partial charge in [-0.2, -0.15) is 13.2 Å². The van der Waals surface area contributed by atoms with Gasteiger partial charge in [-0.3, -0.25) is 0 Å². The van der Waals surface area contributed by atoms with Gasteiger partial charge in [0.1, 0.15) is 11.6 Å². The van der Waals surface area contributed by atoms with E-state index in [9.17, 15) is 32.6 Å². The lowest BCUT2D eigenvalue weighted by atomic mass is 9.73. The highest BCUT2D eigenvalue weighted by Crippen LogP contribution is 2.45. The minimum absolute atomic E-state index is 0.0236. The molecule has 0 saturated carbocycles. The third-order valence-electron chi connectivity index (χ3n) is 5.59. The van der Waals surface area contributed by atoms with Crippen molar-refractivity contribution in [3.05, 3.63) is 65.1 Å². The third kappa shape index (κ3) is 4.43. The van der Waals surface area contributed by atoms with E-state index in [4.69, 9.17) is 4.74 Å². The number of nitrogens with one attached hydrogen (secondary N) is 1. The van der Waals surface area contributed by atoms with Gasteiger partial charge < -0.3 is 19.9 Å². The predicted molar refractivity (Wildman–Crippen MR) is 111 cm³/mol. The van der Waals surface area contributed by atoms with Gasteiger partial charge >= 0.3 is 12.1 Å². The van der Waals surface area contributed by atoms with Crippen LogP contribution in [0.3, 0.4) is 0 Å². The molecule has 1 heterocycles. The molecule has 1 atom stereocenters. The van der Waals surface area contributed by atoms with E-state index in [2.05, 4.69) is 4.98 Å². The van der Waals surface area contributed by atoms with Gasteiger partial charge in [0.25, 0.3) is 0 Å². The fraction of sp³-hybridized carbons (Fsp3) is 0.348. The van der Waals surface area contributed by atoms with Gasteiger partial charge in [0, 0.05) is 28.6 Å². The second kappa shape index (κ2) is 8.12. The van der Waals surface area contributed by atoms with Crippen LogP contribution in [0.1, 0.15) is 41.9 Å². The maximum absolute atomic E-state index is 14.1. The molecule has 0 amide bonds. The van der Waals surface area contributed by atoms with Crippen LogP contribution in [-0.2, 0) is 11.8 Å². The number of aromatic nitrogens is 1. The predicted octanol–water partition coefficient (Wildman–Crippen LogP) is 5.22. The van der Waals surface area contributed by atoms with Gasteiger partial charge in [-0.25, -0.2) is 9.18 Å². The Bertz CT molecular complexity index is 1150. The van der Waals surface area contributed by atoms with E-state index in [0.717, 1.165) is 12.1 Å². The maximum atomic E-state index is 14.1. The lowest BCUT2D eigenvalue weighted by Crippen LogP contribution is -2.51. The van der Waals surface area contributed by atoms with Gasteiger partial charge in [0.2, 0.25) is 0 Å². The first-order valence-corrected chi connectivity index (χ1v) is 9.74. The Morgan fingerprint density at radius 3 is 2.41 bits per heavy atom. The maximum Gasteiger partial charge on any atom is 0.417 e. The van der Waals surface area contributed by atoms with Crippen molar-refractivity contribution in [3.8, 4) is 5.75 Å². The average molecular weight is 453 g/mol. The minimum atomic E-state index is -5.02. The molecule has 0 fully saturated rings. The standard InChI is InChI=1S/C23H23F4NO4/c1-21(2,17-9-13(24)7-8-19(17)32-3)12-22(31,23(25,26)27)11-14-10-16-15(20(29)30)5-4-6-18(16)28-14/h4-10,28,31H,11-12H2,1-3H3,(H,29,30). The van der Waals surface area contributed by atoms with Crippen molar-refractivity contribution in [1.29, 1.82) is 0 Å². The van der Waals surface area contributed by atoms with E-state index in [0.29, 0.717) is 5.52 Å². The quantitative estimate of drug-likeness (QED) is 0.429. The highest BCUT2D eigenvalue weighted by Gasteiger charge is 2.56. The number of fused-ring (bicyclic) bond motifs is 1.